The van der Waals surface area contributed by atoms with Crippen molar-refractivity contribution in [2.24, 2.45) is 0 Å². The van der Waals surface area contributed by atoms with Crippen LogP contribution in [0.15, 0.2) is 12.1 Å². The lowest BCUT2D eigenvalue weighted by Gasteiger charge is -2.27. The zero-order valence-electron chi connectivity index (χ0n) is 10.1. The minimum Gasteiger partial charge on any atom is -0.314 e. The number of nitrogens with one attached hydrogen (secondary N) is 1. The number of rotatable bonds is 2. The van der Waals surface area contributed by atoms with Gasteiger partial charge in [-0.25, -0.2) is 4.39 Å². The molecule has 0 atom stereocenters. The second kappa shape index (κ2) is 4.75. The van der Waals surface area contributed by atoms with Crippen molar-refractivity contribution in [2.75, 3.05) is 26.2 Å². The lowest BCUT2D eigenvalue weighted by Crippen LogP contribution is -2.43. The predicted octanol–water partition coefficient (Wildman–Crippen LogP) is 1.72. The fourth-order valence-corrected chi connectivity index (χ4v) is 2.88. The highest BCUT2D eigenvalue weighted by molar-refractivity contribution is 5.36. The van der Waals surface area contributed by atoms with Crippen LogP contribution in [0, 0.1) is 5.82 Å². The molecule has 3 rings (SSSR count). The van der Waals surface area contributed by atoms with Crippen molar-refractivity contribution in [3.63, 3.8) is 0 Å². The Morgan fingerprint density at radius 2 is 1.82 bits per heavy atom. The molecule has 2 nitrogen and oxygen atoms in total. The van der Waals surface area contributed by atoms with E-state index in [1.165, 1.54) is 17.5 Å². The number of piperazine rings is 1. The molecule has 1 aliphatic heterocycles. The maximum atomic E-state index is 14.0. The van der Waals surface area contributed by atoms with Crippen molar-refractivity contribution >= 4 is 0 Å². The summed E-state index contributed by atoms with van der Waals surface area (Å²) in [6.45, 7) is 4.85. The molecule has 2 aliphatic rings. The van der Waals surface area contributed by atoms with Crippen LogP contribution in [-0.2, 0) is 19.4 Å². The van der Waals surface area contributed by atoms with Crippen molar-refractivity contribution < 1.29 is 4.39 Å². The molecule has 1 N–H and O–H groups in total. The zero-order chi connectivity index (χ0) is 11.7. The van der Waals surface area contributed by atoms with Crippen molar-refractivity contribution in [1.29, 1.82) is 0 Å². The smallest absolute Gasteiger partial charge is 0.127 e. The first-order valence-electron chi connectivity index (χ1n) is 6.56. The summed E-state index contributed by atoms with van der Waals surface area (Å²) in [5.41, 5.74) is 3.48. The molecule has 17 heavy (non-hydrogen) atoms. The maximum absolute atomic E-state index is 14.0. The Balaban J connectivity index is 1.78. The number of nitrogens with zero attached hydrogens (tertiary/aromatic N) is 1. The monoisotopic (exact) mass is 234 g/mol. The summed E-state index contributed by atoms with van der Waals surface area (Å²) in [5, 5.41) is 3.32. The first-order chi connectivity index (χ1) is 8.33. The van der Waals surface area contributed by atoms with Gasteiger partial charge >= 0.3 is 0 Å². The third-order valence-electron chi connectivity index (χ3n) is 3.86. The van der Waals surface area contributed by atoms with Crippen LogP contribution in [0.3, 0.4) is 0 Å². The highest BCUT2D eigenvalue weighted by Gasteiger charge is 2.17. The van der Waals surface area contributed by atoms with E-state index in [1.54, 1.807) is 6.07 Å². The average molecular weight is 234 g/mol. The largest absolute Gasteiger partial charge is 0.314 e. The topological polar surface area (TPSA) is 15.3 Å². The summed E-state index contributed by atoms with van der Waals surface area (Å²) < 4.78 is 14.0. The SMILES string of the molecule is Fc1cc2c(cc1CN1CCNCC1)CCC2. The summed E-state index contributed by atoms with van der Waals surface area (Å²) in [4.78, 5) is 2.33. The van der Waals surface area contributed by atoms with E-state index in [2.05, 4.69) is 16.3 Å². The summed E-state index contributed by atoms with van der Waals surface area (Å²) >= 11 is 0. The van der Waals surface area contributed by atoms with Gasteiger partial charge in [-0.3, -0.25) is 4.90 Å². The van der Waals surface area contributed by atoms with Crippen molar-refractivity contribution in [2.45, 2.75) is 25.8 Å². The molecule has 0 radical (unpaired) electrons. The molecule has 92 valence electrons. The van der Waals surface area contributed by atoms with Crippen LogP contribution < -0.4 is 5.32 Å². The Morgan fingerprint density at radius 3 is 2.59 bits per heavy atom. The van der Waals surface area contributed by atoms with E-state index >= 15 is 0 Å². The molecule has 0 amide bonds. The van der Waals surface area contributed by atoms with Crippen LogP contribution in [0.25, 0.3) is 0 Å². The van der Waals surface area contributed by atoms with Crippen LogP contribution in [-0.4, -0.2) is 31.1 Å². The molecule has 0 spiro atoms. The van der Waals surface area contributed by atoms with Gasteiger partial charge in [-0.05, 0) is 36.5 Å². The summed E-state index contributed by atoms with van der Waals surface area (Å²) in [5.74, 6) is -0.0100. The van der Waals surface area contributed by atoms with Crippen LogP contribution in [0.2, 0.25) is 0 Å². The van der Waals surface area contributed by atoms with Crippen LogP contribution in [0.4, 0.5) is 4.39 Å². The van der Waals surface area contributed by atoms with E-state index < -0.39 is 0 Å². The van der Waals surface area contributed by atoms with E-state index in [0.717, 1.165) is 51.1 Å². The zero-order valence-corrected chi connectivity index (χ0v) is 10.1. The maximum Gasteiger partial charge on any atom is 0.127 e. The lowest BCUT2D eigenvalue weighted by molar-refractivity contribution is 0.230. The number of benzene rings is 1. The molecule has 1 aliphatic carbocycles. The van der Waals surface area contributed by atoms with Crippen molar-refractivity contribution in [3.05, 3.63) is 34.6 Å². The second-order valence-electron chi connectivity index (χ2n) is 5.09. The fourth-order valence-electron chi connectivity index (χ4n) is 2.88. The van der Waals surface area contributed by atoms with E-state index in [9.17, 15) is 4.39 Å². The van der Waals surface area contributed by atoms with Gasteiger partial charge in [0.2, 0.25) is 0 Å². The Bertz CT molecular complexity index is 411. The van der Waals surface area contributed by atoms with E-state index in [1.807, 2.05) is 0 Å². The highest BCUT2D eigenvalue weighted by atomic mass is 19.1. The molecule has 1 aromatic rings. The predicted molar refractivity (Wildman–Crippen MR) is 66.6 cm³/mol. The standard InChI is InChI=1S/C14H19FN2/c15-14-9-12-3-1-2-11(12)8-13(14)10-17-6-4-16-5-7-17/h8-9,16H,1-7,10H2. The number of hydrogen-bond acceptors (Lipinski definition) is 2. The Morgan fingerprint density at radius 1 is 1.12 bits per heavy atom. The minimum atomic E-state index is -0.0100. The number of hydrogen-bond donors (Lipinski definition) is 1. The molecule has 1 fully saturated rings. The second-order valence-corrected chi connectivity index (χ2v) is 5.09. The van der Waals surface area contributed by atoms with Crippen LogP contribution >= 0.6 is 0 Å². The van der Waals surface area contributed by atoms with Crippen LogP contribution in [0.5, 0.6) is 0 Å². The summed E-state index contributed by atoms with van der Waals surface area (Å²) in [6, 6.07) is 3.86. The molecule has 0 aromatic heterocycles. The van der Waals surface area contributed by atoms with E-state index in [4.69, 9.17) is 0 Å². The van der Waals surface area contributed by atoms with Gasteiger partial charge < -0.3 is 5.32 Å². The van der Waals surface area contributed by atoms with Gasteiger partial charge in [0.25, 0.3) is 0 Å². The Hall–Kier alpha value is -0.930. The summed E-state index contributed by atoms with van der Waals surface area (Å²) in [6.07, 6.45) is 3.37. The van der Waals surface area contributed by atoms with Gasteiger partial charge in [0.05, 0.1) is 0 Å². The number of aryl methyl sites for hydroxylation is 2. The Kier molecular flexibility index (Phi) is 3.12. The molecular weight excluding hydrogens is 215 g/mol. The highest BCUT2D eigenvalue weighted by Crippen LogP contribution is 2.25. The van der Waals surface area contributed by atoms with Gasteiger partial charge in [-0.2, -0.15) is 0 Å². The normalized spacial score (nSPS) is 20.5. The van der Waals surface area contributed by atoms with E-state index in [0.29, 0.717) is 0 Å². The minimum absolute atomic E-state index is 0.0100. The molecule has 1 aromatic carbocycles. The van der Waals surface area contributed by atoms with Crippen LogP contribution in [0.1, 0.15) is 23.1 Å². The Labute approximate surface area is 102 Å². The molecule has 0 bridgehead atoms. The molecular formula is C14H19FN2. The lowest BCUT2D eigenvalue weighted by atomic mass is 10.1. The van der Waals surface area contributed by atoms with Gasteiger partial charge in [0, 0.05) is 38.3 Å². The molecule has 3 heteroatoms. The quantitative estimate of drug-likeness (QED) is 0.838. The molecule has 1 saturated heterocycles. The third kappa shape index (κ3) is 2.35. The first-order valence-corrected chi connectivity index (χ1v) is 6.56. The molecule has 1 heterocycles. The third-order valence-corrected chi connectivity index (χ3v) is 3.86. The van der Waals surface area contributed by atoms with Gasteiger partial charge in [0.1, 0.15) is 5.82 Å². The number of fused-ring (bicyclic) bond motifs is 1. The first kappa shape index (κ1) is 11.2. The summed E-state index contributed by atoms with van der Waals surface area (Å²) in [7, 11) is 0. The number of halogens is 1. The average Bonchev–Trinajstić information content (AvgIpc) is 2.78. The molecule has 0 saturated carbocycles. The molecule has 0 unspecified atom stereocenters. The van der Waals surface area contributed by atoms with Crippen molar-refractivity contribution in [1.82, 2.24) is 10.2 Å². The van der Waals surface area contributed by atoms with Gasteiger partial charge in [0.15, 0.2) is 0 Å². The van der Waals surface area contributed by atoms with Crippen molar-refractivity contribution in [3.8, 4) is 0 Å². The van der Waals surface area contributed by atoms with Gasteiger partial charge in [-0.15, -0.1) is 0 Å². The fraction of sp³-hybridized carbons (Fsp3) is 0.571. The van der Waals surface area contributed by atoms with Gasteiger partial charge in [-0.1, -0.05) is 6.07 Å². The van der Waals surface area contributed by atoms with E-state index in [-0.39, 0.29) is 5.82 Å².